The molecule has 0 unspecified atom stereocenters. The maximum Gasteiger partial charge on any atom is 0.278 e. The first-order valence-electron chi connectivity index (χ1n) is 11.8. The summed E-state index contributed by atoms with van der Waals surface area (Å²) >= 11 is 0. The molecule has 37 heavy (non-hydrogen) atoms. The molecule has 0 saturated heterocycles. The Bertz CT molecular complexity index is 1570. The van der Waals surface area contributed by atoms with Crippen LogP contribution in [0.2, 0.25) is 0 Å². The lowest BCUT2D eigenvalue weighted by Gasteiger charge is -2.17. The Morgan fingerprint density at radius 1 is 0.703 bits per heavy atom. The number of benzene rings is 3. The van der Waals surface area contributed by atoms with E-state index in [4.69, 9.17) is 0 Å². The van der Waals surface area contributed by atoms with E-state index in [2.05, 4.69) is 15.5 Å². The van der Waals surface area contributed by atoms with Crippen molar-refractivity contribution >= 4 is 23.2 Å². The number of rotatable bonds is 6. The molecule has 5 rings (SSSR count). The van der Waals surface area contributed by atoms with Crippen molar-refractivity contribution in [3.05, 3.63) is 120 Å². The number of aryl methyl sites for hydroxylation is 2. The van der Waals surface area contributed by atoms with Gasteiger partial charge >= 0.3 is 0 Å². The molecule has 0 aliphatic heterocycles. The number of anilines is 2. The normalized spacial score (nSPS) is 10.8. The van der Waals surface area contributed by atoms with Gasteiger partial charge in [0.2, 0.25) is 0 Å². The van der Waals surface area contributed by atoms with Crippen LogP contribution in [0.1, 0.15) is 32.4 Å². The van der Waals surface area contributed by atoms with Crippen molar-refractivity contribution in [2.75, 3.05) is 17.3 Å². The molecule has 0 saturated carbocycles. The summed E-state index contributed by atoms with van der Waals surface area (Å²) < 4.78 is 3.47. The highest BCUT2D eigenvalue weighted by molar-refractivity contribution is 6.06. The molecule has 8 heteroatoms. The Hall–Kier alpha value is -4.98. The van der Waals surface area contributed by atoms with Crippen molar-refractivity contribution in [3.63, 3.8) is 0 Å². The van der Waals surface area contributed by atoms with Crippen LogP contribution in [0.3, 0.4) is 0 Å². The summed E-state index contributed by atoms with van der Waals surface area (Å²) in [5.74, 6) is -0.584. The molecule has 0 aliphatic carbocycles. The minimum Gasteiger partial charge on any atom is -0.321 e. The minimum atomic E-state index is -0.332. The molecule has 2 amide bonds. The number of hydrogen-bond acceptors (Lipinski definition) is 4. The summed E-state index contributed by atoms with van der Waals surface area (Å²) in [6, 6.07) is 29.9. The maximum atomic E-state index is 13.2. The fraction of sp³-hybridized carbons (Fsp3) is 0.103. The molecule has 0 spiro atoms. The molecule has 2 aromatic heterocycles. The lowest BCUT2D eigenvalue weighted by molar-refractivity contribution is 0.0986. The highest BCUT2D eigenvalue weighted by Crippen LogP contribution is 2.22. The van der Waals surface area contributed by atoms with E-state index >= 15 is 0 Å². The van der Waals surface area contributed by atoms with Gasteiger partial charge in [0.05, 0.1) is 11.4 Å². The minimum absolute atomic E-state index is 0.251. The predicted molar refractivity (Wildman–Crippen MR) is 144 cm³/mol. The first-order valence-corrected chi connectivity index (χ1v) is 11.8. The number of nitrogens with zero attached hydrogens (tertiary/aromatic N) is 5. The quantitative estimate of drug-likeness (QED) is 0.354. The van der Waals surface area contributed by atoms with Crippen molar-refractivity contribution in [2.45, 2.75) is 13.8 Å². The van der Waals surface area contributed by atoms with Gasteiger partial charge in [-0.05, 0) is 68.4 Å². The van der Waals surface area contributed by atoms with Crippen molar-refractivity contribution < 1.29 is 9.59 Å². The van der Waals surface area contributed by atoms with Gasteiger partial charge in [-0.1, -0.05) is 42.5 Å². The lowest BCUT2D eigenvalue weighted by atomic mass is 10.2. The van der Waals surface area contributed by atoms with E-state index in [1.807, 2.05) is 80.6 Å². The highest BCUT2D eigenvalue weighted by atomic mass is 16.2. The average Bonchev–Trinajstić information content (AvgIpc) is 3.51. The van der Waals surface area contributed by atoms with Crippen LogP contribution in [0, 0.1) is 13.8 Å². The molecule has 2 heterocycles. The number of para-hydroxylation sites is 2. The van der Waals surface area contributed by atoms with Gasteiger partial charge in [-0.25, -0.2) is 9.36 Å². The molecule has 8 nitrogen and oxygen atoms in total. The van der Waals surface area contributed by atoms with Crippen LogP contribution in [-0.2, 0) is 0 Å². The van der Waals surface area contributed by atoms with Crippen molar-refractivity contribution in [1.29, 1.82) is 0 Å². The molecular formula is C29H26N6O2. The van der Waals surface area contributed by atoms with E-state index in [0.29, 0.717) is 22.8 Å². The molecule has 184 valence electrons. The van der Waals surface area contributed by atoms with E-state index in [1.165, 1.54) is 4.90 Å². The summed E-state index contributed by atoms with van der Waals surface area (Å²) in [5, 5.41) is 11.9. The second-order valence-corrected chi connectivity index (χ2v) is 8.71. The SMILES string of the molecule is Cc1cc(C(=O)Nc2cccc(N(C)C(=O)c3cc(C)n(-c4ccccc4)n3)c2)nn1-c1ccccc1. The molecule has 0 bridgehead atoms. The summed E-state index contributed by atoms with van der Waals surface area (Å²) in [7, 11) is 1.69. The van der Waals surface area contributed by atoms with Crippen LogP contribution in [0.5, 0.6) is 0 Å². The van der Waals surface area contributed by atoms with Crippen LogP contribution in [0.25, 0.3) is 11.4 Å². The summed E-state index contributed by atoms with van der Waals surface area (Å²) in [5.41, 5.74) is 5.29. The second kappa shape index (κ2) is 9.94. The number of aromatic nitrogens is 4. The molecular weight excluding hydrogens is 464 g/mol. The maximum absolute atomic E-state index is 13.2. The molecule has 0 radical (unpaired) electrons. The van der Waals surface area contributed by atoms with Gasteiger partial charge < -0.3 is 10.2 Å². The summed E-state index contributed by atoms with van der Waals surface area (Å²) in [6.07, 6.45) is 0. The third-order valence-corrected chi connectivity index (χ3v) is 6.02. The number of nitrogens with one attached hydrogen (secondary N) is 1. The first-order chi connectivity index (χ1) is 17.9. The Labute approximate surface area is 214 Å². The predicted octanol–water partition coefficient (Wildman–Crippen LogP) is 5.20. The van der Waals surface area contributed by atoms with E-state index in [-0.39, 0.29) is 11.8 Å². The van der Waals surface area contributed by atoms with E-state index in [9.17, 15) is 9.59 Å². The van der Waals surface area contributed by atoms with Crippen molar-refractivity contribution in [3.8, 4) is 11.4 Å². The number of carbonyl (C=O) groups is 2. The van der Waals surface area contributed by atoms with Gasteiger partial charge in [0.25, 0.3) is 11.8 Å². The topological polar surface area (TPSA) is 85.1 Å². The van der Waals surface area contributed by atoms with Crippen LogP contribution in [0.15, 0.2) is 97.1 Å². The summed E-state index contributed by atoms with van der Waals surface area (Å²) in [6.45, 7) is 3.81. The Balaban J connectivity index is 1.33. The molecule has 3 aromatic carbocycles. The number of hydrogen-bond donors (Lipinski definition) is 1. The second-order valence-electron chi connectivity index (χ2n) is 8.71. The number of carbonyl (C=O) groups excluding carboxylic acids is 2. The zero-order valence-corrected chi connectivity index (χ0v) is 20.8. The van der Waals surface area contributed by atoms with Gasteiger partial charge in [-0.2, -0.15) is 10.2 Å². The van der Waals surface area contributed by atoms with Crippen molar-refractivity contribution in [2.24, 2.45) is 0 Å². The van der Waals surface area contributed by atoms with Crippen LogP contribution in [0.4, 0.5) is 11.4 Å². The average molecular weight is 491 g/mol. The zero-order valence-electron chi connectivity index (χ0n) is 20.8. The fourth-order valence-electron chi connectivity index (χ4n) is 4.10. The highest BCUT2D eigenvalue weighted by Gasteiger charge is 2.20. The summed E-state index contributed by atoms with van der Waals surface area (Å²) in [4.78, 5) is 27.7. The van der Waals surface area contributed by atoms with Gasteiger partial charge in [0.15, 0.2) is 11.4 Å². The zero-order chi connectivity index (χ0) is 25.9. The van der Waals surface area contributed by atoms with Crippen LogP contribution in [-0.4, -0.2) is 38.4 Å². The largest absolute Gasteiger partial charge is 0.321 e. The standard InChI is InChI=1S/C29H26N6O2/c1-20-17-26(31-34(20)23-12-6-4-7-13-23)28(36)30-22-11-10-16-25(19-22)33(3)29(37)27-18-21(2)35(32-27)24-14-8-5-9-15-24/h4-19H,1-3H3,(H,30,36). The van der Waals surface area contributed by atoms with E-state index in [0.717, 1.165) is 22.8 Å². The van der Waals surface area contributed by atoms with Crippen molar-refractivity contribution in [1.82, 2.24) is 19.6 Å². The molecule has 0 aliphatic rings. The molecule has 5 aromatic rings. The van der Waals surface area contributed by atoms with Gasteiger partial charge in [0.1, 0.15) is 0 Å². The molecule has 0 fully saturated rings. The van der Waals surface area contributed by atoms with Crippen LogP contribution < -0.4 is 10.2 Å². The third kappa shape index (κ3) is 4.90. The number of amides is 2. The first kappa shape index (κ1) is 23.7. The molecule has 1 N–H and O–H groups in total. The monoisotopic (exact) mass is 490 g/mol. The Kier molecular flexibility index (Phi) is 6.38. The van der Waals surface area contributed by atoms with E-state index < -0.39 is 0 Å². The van der Waals surface area contributed by atoms with Crippen LogP contribution >= 0.6 is 0 Å². The lowest BCUT2D eigenvalue weighted by Crippen LogP contribution is -2.27. The van der Waals surface area contributed by atoms with Gasteiger partial charge in [-0.15, -0.1) is 0 Å². The van der Waals surface area contributed by atoms with Gasteiger partial charge in [-0.3, -0.25) is 9.59 Å². The smallest absolute Gasteiger partial charge is 0.278 e. The third-order valence-electron chi connectivity index (χ3n) is 6.02. The fourth-order valence-corrected chi connectivity index (χ4v) is 4.10. The Morgan fingerprint density at radius 3 is 1.84 bits per heavy atom. The Morgan fingerprint density at radius 2 is 1.24 bits per heavy atom. The van der Waals surface area contributed by atoms with Gasteiger partial charge in [0, 0.05) is 29.8 Å². The molecule has 0 atom stereocenters. The van der Waals surface area contributed by atoms with E-state index in [1.54, 1.807) is 46.7 Å².